The van der Waals surface area contributed by atoms with Gasteiger partial charge in [-0.15, -0.1) is 0 Å². The van der Waals surface area contributed by atoms with Crippen molar-refractivity contribution in [1.29, 1.82) is 0 Å². The third kappa shape index (κ3) is 0.898. The van der Waals surface area contributed by atoms with E-state index in [0.717, 1.165) is 5.92 Å². The van der Waals surface area contributed by atoms with Gasteiger partial charge in [-0.1, -0.05) is 51.5 Å². The lowest BCUT2D eigenvalue weighted by Crippen LogP contribution is -2.45. The topological polar surface area (TPSA) is 0 Å². The van der Waals surface area contributed by atoms with Gasteiger partial charge < -0.3 is 0 Å². The van der Waals surface area contributed by atoms with Crippen molar-refractivity contribution < 1.29 is 0 Å². The van der Waals surface area contributed by atoms with Crippen LogP contribution in [0.25, 0.3) is 0 Å². The SMILES string of the molecule is C=C1C=C[C@@]2(C)CCCC(C)(C)[C@@]23C[C@@H]13. The summed E-state index contributed by atoms with van der Waals surface area (Å²) in [4.78, 5) is 0. The van der Waals surface area contributed by atoms with Crippen LogP contribution in [0, 0.1) is 22.2 Å². The smallest absolute Gasteiger partial charge is 0.00757 e. The number of hydrogen-bond donors (Lipinski definition) is 0. The van der Waals surface area contributed by atoms with E-state index in [4.69, 9.17) is 0 Å². The van der Waals surface area contributed by atoms with Crippen LogP contribution in [-0.2, 0) is 0 Å². The third-order valence-electron chi connectivity index (χ3n) is 5.80. The molecule has 3 aliphatic carbocycles. The van der Waals surface area contributed by atoms with Gasteiger partial charge in [-0.2, -0.15) is 0 Å². The Kier molecular flexibility index (Phi) is 1.56. The maximum absolute atomic E-state index is 4.23. The van der Waals surface area contributed by atoms with E-state index in [1.54, 1.807) is 0 Å². The third-order valence-corrected chi connectivity index (χ3v) is 5.80. The highest BCUT2D eigenvalue weighted by Crippen LogP contribution is 2.79. The van der Waals surface area contributed by atoms with E-state index in [-0.39, 0.29) is 0 Å². The van der Waals surface area contributed by atoms with Crippen LogP contribution in [0.1, 0.15) is 46.5 Å². The van der Waals surface area contributed by atoms with Crippen LogP contribution >= 0.6 is 0 Å². The zero-order valence-corrected chi connectivity index (χ0v) is 10.3. The first-order valence-corrected chi connectivity index (χ1v) is 6.31. The van der Waals surface area contributed by atoms with E-state index in [0.29, 0.717) is 16.2 Å². The molecule has 82 valence electrons. The van der Waals surface area contributed by atoms with Crippen LogP contribution in [0.15, 0.2) is 24.3 Å². The zero-order chi connectivity index (χ0) is 10.9. The molecular formula is C15H22. The summed E-state index contributed by atoms with van der Waals surface area (Å²) in [6.07, 6.45) is 10.4. The monoisotopic (exact) mass is 202 g/mol. The van der Waals surface area contributed by atoms with Crippen molar-refractivity contribution in [3.63, 3.8) is 0 Å². The highest BCUT2D eigenvalue weighted by molar-refractivity contribution is 5.41. The molecule has 1 spiro atoms. The molecule has 0 unspecified atom stereocenters. The van der Waals surface area contributed by atoms with E-state index in [1.807, 2.05) is 0 Å². The minimum absolute atomic E-state index is 0.459. The second kappa shape index (κ2) is 2.42. The molecule has 0 saturated heterocycles. The van der Waals surface area contributed by atoms with Gasteiger partial charge in [-0.05, 0) is 41.4 Å². The molecule has 0 aromatic rings. The summed E-state index contributed by atoms with van der Waals surface area (Å²) in [5, 5.41) is 0. The molecule has 0 aliphatic heterocycles. The predicted molar refractivity (Wildman–Crippen MR) is 64.6 cm³/mol. The first kappa shape index (κ1) is 9.69. The summed E-state index contributed by atoms with van der Waals surface area (Å²) in [5.41, 5.74) is 2.92. The zero-order valence-electron chi connectivity index (χ0n) is 10.3. The lowest BCUT2D eigenvalue weighted by atomic mass is 9.51. The molecule has 0 radical (unpaired) electrons. The van der Waals surface area contributed by atoms with Crippen molar-refractivity contribution in [2.24, 2.45) is 22.2 Å². The van der Waals surface area contributed by atoms with Crippen LogP contribution in [-0.4, -0.2) is 0 Å². The van der Waals surface area contributed by atoms with Crippen LogP contribution in [0.5, 0.6) is 0 Å². The molecule has 2 saturated carbocycles. The molecule has 15 heavy (non-hydrogen) atoms. The molecule has 0 heterocycles. The standard InChI is InChI=1S/C15H22/c1-11-6-9-14(4)8-5-7-13(2,3)15(14)10-12(11)15/h6,9,12H,1,5,7-8,10H2,2-4H3/t12-,14+,15-/m0/s1. The van der Waals surface area contributed by atoms with Gasteiger partial charge in [0.25, 0.3) is 0 Å². The Morgan fingerprint density at radius 3 is 2.73 bits per heavy atom. The molecule has 3 rings (SSSR count). The van der Waals surface area contributed by atoms with Gasteiger partial charge in [0.2, 0.25) is 0 Å². The molecule has 2 fully saturated rings. The number of allylic oxidation sites excluding steroid dienone is 3. The first-order chi connectivity index (χ1) is 6.93. The summed E-state index contributed by atoms with van der Waals surface area (Å²) >= 11 is 0. The molecule has 3 atom stereocenters. The van der Waals surface area contributed by atoms with Crippen molar-refractivity contribution in [3.05, 3.63) is 24.3 Å². The fraction of sp³-hybridized carbons (Fsp3) is 0.733. The van der Waals surface area contributed by atoms with E-state index in [1.165, 1.54) is 31.3 Å². The number of hydrogen-bond acceptors (Lipinski definition) is 0. The van der Waals surface area contributed by atoms with Crippen molar-refractivity contribution in [1.82, 2.24) is 0 Å². The Balaban J connectivity index is 2.14. The summed E-state index contributed by atoms with van der Waals surface area (Å²) in [7, 11) is 0. The Bertz CT molecular complexity index is 360. The van der Waals surface area contributed by atoms with Gasteiger partial charge >= 0.3 is 0 Å². The molecule has 0 N–H and O–H groups in total. The van der Waals surface area contributed by atoms with Crippen LogP contribution in [0.4, 0.5) is 0 Å². The summed E-state index contributed by atoms with van der Waals surface area (Å²) in [5.74, 6) is 0.794. The fourth-order valence-corrected chi connectivity index (χ4v) is 4.85. The molecular weight excluding hydrogens is 180 g/mol. The van der Waals surface area contributed by atoms with E-state index in [2.05, 4.69) is 39.5 Å². The fourth-order valence-electron chi connectivity index (χ4n) is 4.85. The van der Waals surface area contributed by atoms with Crippen molar-refractivity contribution in [3.8, 4) is 0 Å². The van der Waals surface area contributed by atoms with Gasteiger partial charge in [-0.25, -0.2) is 0 Å². The van der Waals surface area contributed by atoms with Crippen LogP contribution < -0.4 is 0 Å². The van der Waals surface area contributed by atoms with Crippen LogP contribution in [0.2, 0.25) is 0 Å². The number of rotatable bonds is 0. The average Bonchev–Trinajstić information content (AvgIpc) is 2.88. The van der Waals surface area contributed by atoms with Gasteiger partial charge in [0.1, 0.15) is 0 Å². The average molecular weight is 202 g/mol. The Morgan fingerprint density at radius 2 is 2.00 bits per heavy atom. The summed E-state index contributed by atoms with van der Waals surface area (Å²) in [6.45, 7) is 11.7. The molecule has 3 aliphatic rings. The van der Waals surface area contributed by atoms with Crippen molar-refractivity contribution in [2.75, 3.05) is 0 Å². The maximum atomic E-state index is 4.23. The van der Waals surface area contributed by atoms with Gasteiger partial charge in [-0.3, -0.25) is 0 Å². The second-order valence-corrected chi connectivity index (χ2v) is 6.79. The highest BCUT2D eigenvalue weighted by atomic mass is 14.8. The van der Waals surface area contributed by atoms with E-state index >= 15 is 0 Å². The van der Waals surface area contributed by atoms with E-state index < -0.39 is 0 Å². The largest absolute Gasteiger partial charge is 0.0955 e. The van der Waals surface area contributed by atoms with Gasteiger partial charge in [0.15, 0.2) is 0 Å². The Hall–Kier alpha value is -0.520. The molecule has 0 aromatic carbocycles. The molecule has 0 aromatic heterocycles. The van der Waals surface area contributed by atoms with E-state index in [9.17, 15) is 0 Å². The van der Waals surface area contributed by atoms with Gasteiger partial charge in [0, 0.05) is 0 Å². The second-order valence-electron chi connectivity index (χ2n) is 6.79. The Morgan fingerprint density at radius 1 is 1.27 bits per heavy atom. The quantitative estimate of drug-likeness (QED) is 0.548. The van der Waals surface area contributed by atoms with Crippen molar-refractivity contribution in [2.45, 2.75) is 46.5 Å². The minimum Gasteiger partial charge on any atom is -0.0955 e. The molecule has 0 amide bonds. The Labute approximate surface area is 93.5 Å². The van der Waals surface area contributed by atoms with Crippen molar-refractivity contribution >= 4 is 0 Å². The first-order valence-electron chi connectivity index (χ1n) is 6.31. The highest BCUT2D eigenvalue weighted by Gasteiger charge is 2.72. The van der Waals surface area contributed by atoms with Crippen LogP contribution in [0.3, 0.4) is 0 Å². The summed E-state index contributed by atoms with van der Waals surface area (Å²) < 4.78 is 0. The minimum atomic E-state index is 0.459. The summed E-state index contributed by atoms with van der Waals surface area (Å²) in [6, 6.07) is 0. The molecule has 0 nitrogen and oxygen atoms in total. The normalized spacial score (nSPS) is 50.9. The molecule has 0 heteroatoms. The lowest BCUT2D eigenvalue weighted by molar-refractivity contribution is -0.00200. The predicted octanol–water partition coefficient (Wildman–Crippen LogP) is 4.34. The molecule has 0 bridgehead atoms. The van der Waals surface area contributed by atoms with Gasteiger partial charge in [0.05, 0.1) is 0 Å². The maximum Gasteiger partial charge on any atom is -0.00757 e. The lowest BCUT2D eigenvalue weighted by Gasteiger charge is -2.53.